The van der Waals surface area contributed by atoms with E-state index >= 15 is 0 Å². The van der Waals surface area contributed by atoms with Gasteiger partial charge in [-0.25, -0.2) is 0 Å². The van der Waals surface area contributed by atoms with Gasteiger partial charge in [-0.15, -0.1) is 0 Å². The predicted octanol–water partition coefficient (Wildman–Crippen LogP) is 4.84. The summed E-state index contributed by atoms with van der Waals surface area (Å²) in [7, 11) is 0. The van der Waals surface area contributed by atoms with E-state index in [2.05, 4.69) is 27.7 Å². The first-order chi connectivity index (χ1) is 8.86. The first-order valence-electron chi connectivity index (χ1n) is 7.23. The summed E-state index contributed by atoms with van der Waals surface area (Å²) in [5.74, 6) is 0.160. The summed E-state index contributed by atoms with van der Waals surface area (Å²) in [6, 6.07) is 5.38. The lowest BCUT2D eigenvalue weighted by Crippen LogP contribution is -2.12. The summed E-state index contributed by atoms with van der Waals surface area (Å²) in [6.45, 7) is 8.47. The molecule has 1 rings (SSSR count). The Kier molecular flexibility index (Phi) is 5.59. The largest absolute Gasteiger partial charge is 0.507 e. The molecule has 19 heavy (non-hydrogen) atoms. The number of Topliss-reactive ketones (excluding diaryl/α,β-unsaturated/α-hetero) is 1. The van der Waals surface area contributed by atoms with Crippen LogP contribution in [0.15, 0.2) is 18.2 Å². The van der Waals surface area contributed by atoms with Crippen molar-refractivity contribution in [3.8, 4) is 5.75 Å². The van der Waals surface area contributed by atoms with E-state index in [0.717, 1.165) is 18.4 Å². The third kappa shape index (κ3) is 4.70. The predicted molar refractivity (Wildman–Crippen MR) is 79.9 cm³/mol. The van der Waals surface area contributed by atoms with Crippen LogP contribution in [0.2, 0.25) is 0 Å². The highest BCUT2D eigenvalue weighted by molar-refractivity contribution is 5.98. The summed E-state index contributed by atoms with van der Waals surface area (Å²) in [4.78, 5) is 12.1. The third-order valence-corrected chi connectivity index (χ3v) is 3.42. The monoisotopic (exact) mass is 262 g/mol. The van der Waals surface area contributed by atoms with Crippen molar-refractivity contribution >= 4 is 5.78 Å². The number of hydrogen-bond acceptors (Lipinski definition) is 2. The topological polar surface area (TPSA) is 37.3 Å². The molecule has 0 heterocycles. The second-order valence-corrected chi connectivity index (χ2v) is 6.22. The molecule has 0 aliphatic heterocycles. The molecule has 0 bridgehead atoms. The SMILES string of the molecule is CCCCCCC(=O)c1cc(C(C)(C)C)ccc1O. The minimum Gasteiger partial charge on any atom is -0.507 e. The number of carbonyl (C=O) groups excluding carboxylic acids is 1. The number of aromatic hydroxyl groups is 1. The second-order valence-electron chi connectivity index (χ2n) is 6.22. The Hall–Kier alpha value is -1.31. The van der Waals surface area contributed by atoms with Gasteiger partial charge in [-0.3, -0.25) is 4.79 Å². The van der Waals surface area contributed by atoms with E-state index < -0.39 is 0 Å². The van der Waals surface area contributed by atoms with Crippen molar-refractivity contribution in [2.75, 3.05) is 0 Å². The molecule has 1 aromatic carbocycles. The maximum Gasteiger partial charge on any atom is 0.166 e. The van der Waals surface area contributed by atoms with Gasteiger partial charge in [0.25, 0.3) is 0 Å². The van der Waals surface area contributed by atoms with Gasteiger partial charge in [0.2, 0.25) is 0 Å². The van der Waals surface area contributed by atoms with E-state index in [1.54, 1.807) is 6.07 Å². The molecule has 106 valence electrons. The number of unbranched alkanes of at least 4 members (excludes halogenated alkanes) is 3. The number of benzene rings is 1. The van der Waals surface area contributed by atoms with E-state index in [1.807, 2.05) is 12.1 Å². The number of carbonyl (C=O) groups is 1. The van der Waals surface area contributed by atoms with Crippen LogP contribution in [0.4, 0.5) is 0 Å². The van der Waals surface area contributed by atoms with Crippen LogP contribution in [-0.4, -0.2) is 10.9 Å². The van der Waals surface area contributed by atoms with Crippen LogP contribution >= 0.6 is 0 Å². The van der Waals surface area contributed by atoms with E-state index in [0.29, 0.717) is 12.0 Å². The third-order valence-electron chi connectivity index (χ3n) is 3.42. The van der Waals surface area contributed by atoms with Crippen LogP contribution < -0.4 is 0 Å². The van der Waals surface area contributed by atoms with Gasteiger partial charge >= 0.3 is 0 Å². The van der Waals surface area contributed by atoms with Crippen molar-refractivity contribution in [3.63, 3.8) is 0 Å². The van der Waals surface area contributed by atoms with Crippen LogP contribution in [0.3, 0.4) is 0 Å². The van der Waals surface area contributed by atoms with Crippen molar-refractivity contribution in [3.05, 3.63) is 29.3 Å². The van der Waals surface area contributed by atoms with Crippen LogP contribution in [0, 0.1) is 0 Å². The average Bonchev–Trinajstić information content (AvgIpc) is 2.33. The second kappa shape index (κ2) is 6.74. The van der Waals surface area contributed by atoms with Gasteiger partial charge in [-0.2, -0.15) is 0 Å². The van der Waals surface area contributed by atoms with Gasteiger partial charge in [-0.1, -0.05) is 53.0 Å². The Bertz CT molecular complexity index is 427. The van der Waals surface area contributed by atoms with Crippen LogP contribution in [0.1, 0.15) is 75.7 Å². The quantitative estimate of drug-likeness (QED) is 0.588. The van der Waals surface area contributed by atoms with E-state index in [-0.39, 0.29) is 16.9 Å². The summed E-state index contributed by atoms with van der Waals surface area (Å²) >= 11 is 0. The fourth-order valence-corrected chi connectivity index (χ4v) is 2.07. The summed E-state index contributed by atoms with van der Waals surface area (Å²) in [6.07, 6.45) is 4.86. The summed E-state index contributed by atoms with van der Waals surface area (Å²) in [5.41, 5.74) is 1.55. The Morgan fingerprint density at radius 1 is 1.16 bits per heavy atom. The normalized spacial score (nSPS) is 11.6. The molecule has 0 aromatic heterocycles. The molecule has 0 unspecified atom stereocenters. The number of rotatable bonds is 6. The van der Waals surface area contributed by atoms with Gasteiger partial charge in [-0.05, 0) is 29.5 Å². The first kappa shape index (κ1) is 15.7. The first-order valence-corrected chi connectivity index (χ1v) is 7.23. The van der Waals surface area contributed by atoms with Gasteiger partial charge in [0.1, 0.15) is 5.75 Å². The molecule has 2 nitrogen and oxygen atoms in total. The van der Waals surface area contributed by atoms with Crippen molar-refractivity contribution < 1.29 is 9.90 Å². The lowest BCUT2D eigenvalue weighted by molar-refractivity contribution is 0.0976. The van der Waals surface area contributed by atoms with E-state index in [9.17, 15) is 9.90 Å². The molecule has 0 aliphatic carbocycles. The van der Waals surface area contributed by atoms with Crippen molar-refractivity contribution in [2.24, 2.45) is 0 Å². The fourth-order valence-electron chi connectivity index (χ4n) is 2.07. The zero-order valence-corrected chi connectivity index (χ0v) is 12.6. The lowest BCUT2D eigenvalue weighted by Gasteiger charge is -2.20. The van der Waals surface area contributed by atoms with Crippen LogP contribution in [0.5, 0.6) is 5.75 Å². The Morgan fingerprint density at radius 3 is 2.42 bits per heavy atom. The van der Waals surface area contributed by atoms with E-state index in [4.69, 9.17) is 0 Å². The van der Waals surface area contributed by atoms with Crippen LogP contribution in [-0.2, 0) is 5.41 Å². The maximum absolute atomic E-state index is 12.1. The minimum atomic E-state index is -0.00899. The summed E-state index contributed by atoms with van der Waals surface area (Å²) < 4.78 is 0. The average molecular weight is 262 g/mol. The molecule has 0 aliphatic rings. The van der Waals surface area contributed by atoms with Crippen molar-refractivity contribution in [1.29, 1.82) is 0 Å². The number of phenols is 1. The highest BCUT2D eigenvalue weighted by Crippen LogP contribution is 2.28. The molecular formula is C17H26O2. The number of hydrogen-bond donors (Lipinski definition) is 1. The van der Waals surface area contributed by atoms with Gasteiger partial charge in [0.05, 0.1) is 5.56 Å². The molecule has 1 N–H and O–H groups in total. The molecular weight excluding hydrogens is 236 g/mol. The minimum absolute atomic E-state index is 0.00899. The molecule has 1 aromatic rings. The smallest absolute Gasteiger partial charge is 0.166 e. The van der Waals surface area contributed by atoms with Gasteiger partial charge in [0.15, 0.2) is 5.78 Å². The van der Waals surface area contributed by atoms with Gasteiger partial charge in [0, 0.05) is 6.42 Å². The molecule has 2 heteroatoms. The molecule has 0 spiro atoms. The molecule has 0 atom stereocenters. The molecule has 0 fully saturated rings. The highest BCUT2D eigenvalue weighted by Gasteiger charge is 2.18. The zero-order chi connectivity index (χ0) is 14.5. The van der Waals surface area contributed by atoms with Crippen molar-refractivity contribution in [2.45, 2.75) is 65.2 Å². The Morgan fingerprint density at radius 2 is 1.84 bits per heavy atom. The fraction of sp³-hybridized carbons (Fsp3) is 0.588. The molecule has 0 saturated carbocycles. The maximum atomic E-state index is 12.1. The molecule has 0 radical (unpaired) electrons. The number of phenolic OH excluding ortho intramolecular Hbond substituents is 1. The molecule has 0 saturated heterocycles. The van der Waals surface area contributed by atoms with Crippen LogP contribution in [0.25, 0.3) is 0 Å². The Labute approximate surface area is 116 Å². The van der Waals surface area contributed by atoms with Crippen molar-refractivity contribution in [1.82, 2.24) is 0 Å². The zero-order valence-electron chi connectivity index (χ0n) is 12.6. The number of ketones is 1. The lowest BCUT2D eigenvalue weighted by atomic mass is 9.85. The van der Waals surface area contributed by atoms with Gasteiger partial charge < -0.3 is 5.11 Å². The van der Waals surface area contributed by atoms with E-state index in [1.165, 1.54) is 12.8 Å². The standard InChI is InChI=1S/C17H26O2/c1-5-6-7-8-9-15(18)14-12-13(17(2,3)4)10-11-16(14)19/h10-12,19H,5-9H2,1-4H3. The highest BCUT2D eigenvalue weighted by atomic mass is 16.3. The molecule has 0 amide bonds. The summed E-state index contributed by atoms with van der Waals surface area (Å²) in [5, 5.41) is 9.85. The Balaban J connectivity index is 2.78.